The van der Waals surface area contributed by atoms with Gasteiger partial charge < -0.3 is 10.2 Å². The number of hydrogen-bond donors (Lipinski definition) is 1. The topological polar surface area (TPSA) is 67.2 Å². The lowest BCUT2D eigenvalue weighted by Crippen LogP contribution is -2.46. The second-order valence-electron chi connectivity index (χ2n) is 7.20. The van der Waals surface area contributed by atoms with Crippen molar-refractivity contribution < 1.29 is 14.0 Å². The van der Waals surface area contributed by atoms with Crippen LogP contribution >= 0.6 is 0 Å². The van der Waals surface area contributed by atoms with E-state index in [-0.39, 0.29) is 23.4 Å². The zero-order chi connectivity index (χ0) is 18.8. The summed E-state index contributed by atoms with van der Waals surface area (Å²) >= 11 is 0. The zero-order valence-corrected chi connectivity index (χ0v) is 15.2. The Bertz CT molecular complexity index is 855. The summed E-state index contributed by atoms with van der Waals surface area (Å²) in [6.07, 6.45) is 6.06. The molecule has 2 aromatic rings. The van der Waals surface area contributed by atoms with Crippen LogP contribution in [0.4, 0.5) is 4.39 Å². The van der Waals surface area contributed by atoms with Crippen LogP contribution in [-0.4, -0.2) is 45.6 Å². The fourth-order valence-corrected chi connectivity index (χ4v) is 3.91. The minimum absolute atomic E-state index is 0.0151. The number of piperidine rings is 1. The second-order valence-corrected chi connectivity index (χ2v) is 7.20. The largest absolute Gasteiger partial charge is 0.349 e. The molecule has 4 rings (SSSR count). The van der Waals surface area contributed by atoms with E-state index in [1.54, 1.807) is 23.2 Å². The molecule has 0 aliphatic carbocycles. The molecule has 1 fully saturated rings. The minimum Gasteiger partial charge on any atom is -0.349 e. The lowest BCUT2D eigenvalue weighted by atomic mass is 10.0. The van der Waals surface area contributed by atoms with Crippen LogP contribution in [0.5, 0.6) is 0 Å². The minimum atomic E-state index is -0.496. The summed E-state index contributed by atoms with van der Waals surface area (Å²) in [7, 11) is 0. The molecule has 2 aliphatic heterocycles. The number of nitrogens with one attached hydrogen (secondary N) is 1. The molecule has 142 valence electrons. The summed E-state index contributed by atoms with van der Waals surface area (Å²) in [6.45, 7) is 1.88. The van der Waals surface area contributed by atoms with Gasteiger partial charge in [-0.2, -0.15) is 5.10 Å². The van der Waals surface area contributed by atoms with Crippen molar-refractivity contribution in [2.24, 2.45) is 0 Å². The van der Waals surface area contributed by atoms with Gasteiger partial charge in [-0.05, 0) is 44.2 Å². The quantitative estimate of drug-likeness (QED) is 0.902. The average molecular weight is 370 g/mol. The van der Waals surface area contributed by atoms with E-state index in [1.165, 1.54) is 12.1 Å². The maximum absolute atomic E-state index is 13.8. The van der Waals surface area contributed by atoms with E-state index in [0.29, 0.717) is 31.5 Å². The molecule has 1 saturated heterocycles. The number of rotatable bonds is 3. The number of aromatic nitrogens is 2. The Balaban J connectivity index is 1.34. The van der Waals surface area contributed by atoms with Crippen molar-refractivity contribution >= 4 is 11.8 Å². The third-order valence-corrected chi connectivity index (χ3v) is 5.45. The van der Waals surface area contributed by atoms with E-state index >= 15 is 0 Å². The van der Waals surface area contributed by atoms with Crippen LogP contribution in [0.1, 0.15) is 52.1 Å². The number of hydrogen-bond acceptors (Lipinski definition) is 3. The molecule has 7 heteroatoms. The maximum atomic E-state index is 13.8. The van der Waals surface area contributed by atoms with Gasteiger partial charge in [0.25, 0.3) is 11.8 Å². The first kappa shape index (κ1) is 17.7. The molecule has 2 amide bonds. The van der Waals surface area contributed by atoms with Crippen molar-refractivity contribution in [3.05, 3.63) is 53.1 Å². The summed E-state index contributed by atoms with van der Waals surface area (Å²) in [5, 5.41) is 7.39. The lowest BCUT2D eigenvalue weighted by molar-refractivity contribution is 0.0693. The molecular weight excluding hydrogens is 347 g/mol. The number of likely N-dealkylation sites (tertiary alicyclic amines) is 1. The van der Waals surface area contributed by atoms with Crippen molar-refractivity contribution in [1.29, 1.82) is 0 Å². The SMILES string of the molecule is O=C(NC1CCN(C(=O)c2ccccc2F)CC1)c1cnn2c1CCCC2. The molecule has 6 nitrogen and oxygen atoms in total. The van der Waals surface area contributed by atoms with Gasteiger partial charge in [0.1, 0.15) is 5.82 Å². The highest BCUT2D eigenvalue weighted by molar-refractivity contribution is 5.96. The smallest absolute Gasteiger partial charge is 0.256 e. The molecule has 3 heterocycles. The van der Waals surface area contributed by atoms with E-state index in [1.807, 2.05) is 4.68 Å². The average Bonchev–Trinajstić information content (AvgIpc) is 3.13. The van der Waals surface area contributed by atoms with Gasteiger partial charge in [0.05, 0.1) is 23.0 Å². The molecule has 1 N–H and O–H groups in total. The number of aryl methyl sites for hydroxylation is 1. The third-order valence-electron chi connectivity index (χ3n) is 5.45. The second kappa shape index (κ2) is 7.50. The van der Waals surface area contributed by atoms with E-state index < -0.39 is 5.82 Å². The first-order valence-electron chi connectivity index (χ1n) is 9.53. The Kier molecular flexibility index (Phi) is 4.92. The Morgan fingerprint density at radius 2 is 1.85 bits per heavy atom. The monoisotopic (exact) mass is 370 g/mol. The molecule has 27 heavy (non-hydrogen) atoms. The van der Waals surface area contributed by atoms with Crippen molar-refractivity contribution in [2.45, 2.75) is 44.7 Å². The maximum Gasteiger partial charge on any atom is 0.256 e. The third kappa shape index (κ3) is 3.59. The molecule has 0 bridgehead atoms. The highest BCUT2D eigenvalue weighted by atomic mass is 19.1. The number of carbonyl (C=O) groups excluding carboxylic acids is 2. The van der Waals surface area contributed by atoms with Crippen LogP contribution in [0.2, 0.25) is 0 Å². The summed E-state index contributed by atoms with van der Waals surface area (Å²) in [5.41, 5.74) is 1.79. The first-order valence-corrected chi connectivity index (χ1v) is 9.53. The van der Waals surface area contributed by atoms with Gasteiger partial charge in [-0.15, -0.1) is 0 Å². The van der Waals surface area contributed by atoms with Crippen LogP contribution in [0.15, 0.2) is 30.5 Å². The van der Waals surface area contributed by atoms with Gasteiger partial charge in [-0.1, -0.05) is 12.1 Å². The van der Waals surface area contributed by atoms with Gasteiger partial charge in [-0.25, -0.2) is 4.39 Å². The van der Waals surface area contributed by atoms with Gasteiger partial charge >= 0.3 is 0 Å². The molecule has 0 saturated carbocycles. The van der Waals surface area contributed by atoms with Crippen LogP contribution in [0, 0.1) is 5.82 Å². The van der Waals surface area contributed by atoms with Gasteiger partial charge in [-0.3, -0.25) is 14.3 Å². The van der Waals surface area contributed by atoms with Gasteiger partial charge in [0, 0.05) is 25.7 Å². The number of benzene rings is 1. The fourth-order valence-electron chi connectivity index (χ4n) is 3.91. The van der Waals surface area contributed by atoms with Crippen molar-refractivity contribution in [2.75, 3.05) is 13.1 Å². The Morgan fingerprint density at radius 3 is 2.63 bits per heavy atom. The predicted molar refractivity (Wildman–Crippen MR) is 98.0 cm³/mol. The van der Waals surface area contributed by atoms with Crippen molar-refractivity contribution in [3.63, 3.8) is 0 Å². The van der Waals surface area contributed by atoms with Crippen molar-refractivity contribution in [3.8, 4) is 0 Å². The van der Waals surface area contributed by atoms with Gasteiger partial charge in [0.15, 0.2) is 0 Å². The zero-order valence-electron chi connectivity index (χ0n) is 15.2. The van der Waals surface area contributed by atoms with E-state index in [4.69, 9.17) is 0 Å². The normalized spacial score (nSPS) is 17.4. The molecule has 2 aliphatic rings. The molecule has 1 aromatic heterocycles. The summed E-state index contributed by atoms with van der Waals surface area (Å²) < 4.78 is 15.8. The standard InChI is InChI=1S/C20H23FN4O2/c21-17-6-2-1-5-15(17)20(27)24-11-8-14(9-12-24)23-19(26)16-13-22-25-10-4-3-7-18(16)25/h1-2,5-6,13-14H,3-4,7-12H2,(H,23,26). The van der Waals surface area contributed by atoms with Gasteiger partial charge in [0.2, 0.25) is 0 Å². The van der Waals surface area contributed by atoms with Crippen LogP contribution in [0.3, 0.4) is 0 Å². The Labute approximate surface area is 157 Å². The van der Waals surface area contributed by atoms with E-state index in [2.05, 4.69) is 10.4 Å². The van der Waals surface area contributed by atoms with E-state index in [9.17, 15) is 14.0 Å². The predicted octanol–water partition coefficient (Wildman–Crippen LogP) is 2.39. The highest BCUT2D eigenvalue weighted by Crippen LogP contribution is 2.20. The van der Waals surface area contributed by atoms with Crippen LogP contribution in [-0.2, 0) is 13.0 Å². The van der Waals surface area contributed by atoms with E-state index in [0.717, 1.165) is 31.5 Å². The van der Waals surface area contributed by atoms with Crippen molar-refractivity contribution in [1.82, 2.24) is 20.0 Å². The number of halogens is 1. The summed E-state index contributed by atoms with van der Waals surface area (Å²) in [6, 6.07) is 6.06. The fraction of sp³-hybridized carbons (Fsp3) is 0.450. The summed E-state index contributed by atoms with van der Waals surface area (Å²) in [5.74, 6) is -0.871. The molecule has 0 unspecified atom stereocenters. The van der Waals surface area contributed by atoms with Crippen LogP contribution in [0.25, 0.3) is 0 Å². The number of amides is 2. The Hall–Kier alpha value is -2.70. The molecule has 0 atom stereocenters. The number of nitrogens with zero attached hydrogens (tertiary/aromatic N) is 3. The lowest BCUT2D eigenvalue weighted by Gasteiger charge is -2.32. The highest BCUT2D eigenvalue weighted by Gasteiger charge is 2.27. The molecular formula is C20H23FN4O2. The Morgan fingerprint density at radius 1 is 1.07 bits per heavy atom. The summed E-state index contributed by atoms with van der Waals surface area (Å²) in [4.78, 5) is 26.8. The first-order chi connectivity index (χ1) is 13.1. The molecule has 1 aromatic carbocycles. The molecule has 0 radical (unpaired) electrons. The molecule has 0 spiro atoms. The number of carbonyl (C=O) groups is 2. The number of fused-ring (bicyclic) bond motifs is 1. The van der Waals surface area contributed by atoms with Crippen LogP contribution < -0.4 is 5.32 Å².